The maximum absolute atomic E-state index is 5.30. The molecule has 0 aliphatic carbocycles. The zero-order valence-electron chi connectivity index (χ0n) is 12.7. The highest BCUT2D eigenvalue weighted by Crippen LogP contribution is 2.13. The summed E-state index contributed by atoms with van der Waals surface area (Å²) in [7, 11) is 2.03. The molecule has 5 heteroatoms. The van der Waals surface area contributed by atoms with Crippen LogP contribution in [0, 0.1) is 6.92 Å². The molecular weight excluding hydrogens is 276 g/mol. The summed E-state index contributed by atoms with van der Waals surface area (Å²) in [6.07, 6.45) is 1.72. The molecule has 0 radical (unpaired) electrons. The second-order valence-electron chi connectivity index (χ2n) is 5.38. The number of hydrogen-bond donors (Lipinski definition) is 0. The predicted molar refractivity (Wildman–Crippen MR) is 83.9 cm³/mol. The van der Waals surface area contributed by atoms with Crippen molar-refractivity contribution in [2.75, 3.05) is 7.05 Å². The molecule has 112 valence electrons. The molecule has 2 aromatic heterocycles. The second-order valence-corrected chi connectivity index (χ2v) is 5.38. The first kappa shape index (κ1) is 14.4. The molecule has 0 saturated carbocycles. The highest BCUT2D eigenvalue weighted by molar-refractivity contribution is 5.46. The van der Waals surface area contributed by atoms with Gasteiger partial charge in [0.25, 0.3) is 0 Å². The van der Waals surface area contributed by atoms with E-state index in [0.717, 1.165) is 12.2 Å². The van der Waals surface area contributed by atoms with Crippen LogP contribution >= 0.6 is 0 Å². The quantitative estimate of drug-likeness (QED) is 0.724. The zero-order chi connectivity index (χ0) is 15.4. The standard InChI is InChI=1S/C17H18N4O/c1-13-6-8-14(9-7-13)11-21(2)12-16-19-17(20-22-16)15-5-3-4-10-18-15/h3-10H,11-12H2,1-2H3. The Morgan fingerprint density at radius 2 is 1.86 bits per heavy atom. The lowest BCUT2D eigenvalue weighted by atomic mass is 10.1. The fraction of sp³-hybridized carbons (Fsp3) is 0.235. The lowest BCUT2D eigenvalue weighted by Gasteiger charge is -2.14. The third kappa shape index (κ3) is 3.56. The van der Waals surface area contributed by atoms with E-state index in [-0.39, 0.29) is 0 Å². The highest BCUT2D eigenvalue weighted by atomic mass is 16.5. The van der Waals surface area contributed by atoms with E-state index in [2.05, 4.69) is 51.2 Å². The minimum absolute atomic E-state index is 0.527. The predicted octanol–water partition coefficient (Wildman–Crippen LogP) is 3.07. The molecule has 2 heterocycles. The minimum Gasteiger partial charge on any atom is -0.337 e. The molecule has 0 bridgehead atoms. The van der Waals surface area contributed by atoms with Crippen molar-refractivity contribution < 1.29 is 4.52 Å². The number of pyridine rings is 1. The molecule has 5 nitrogen and oxygen atoms in total. The Kier molecular flexibility index (Phi) is 4.25. The van der Waals surface area contributed by atoms with E-state index < -0.39 is 0 Å². The summed E-state index contributed by atoms with van der Waals surface area (Å²) in [6.45, 7) is 3.53. The van der Waals surface area contributed by atoms with Gasteiger partial charge in [0.05, 0.1) is 6.54 Å². The van der Waals surface area contributed by atoms with Crippen molar-refractivity contribution in [3.63, 3.8) is 0 Å². The van der Waals surface area contributed by atoms with Crippen molar-refractivity contribution in [3.05, 3.63) is 65.7 Å². The van der Waals surface area contributed by atoms with Gasteiger partial charge in [-0.15, -0.1) is 0 Å². The van der Waals surface area contributed by atoms with E-state index in [0.29, 0.717) is 18.3 Å². The van der Waals surface area contributed by atoms with Crippen LogP contribution in [0.1, 0.15) is 17.0 Å². The van der Waals surface area contributed by atoms with Crippen LogP contribution in [-0.4, -0.2) is 27.1 Å². The Morgan fingerprint density at radius 3 is 2.59 bits per heavy atom. The van der Waals surface area contributed by atoms with Crippen molar-refractivity contribution in [1.29, 1.82) is 0 Å². The second kappa shape index (κ2) is 6.49. The Balaban J connectivity index is 1.63. The molecular formula is C17H18N4O. The summed E-state index contributed by atoms with van der Waals surface area (Å²) in [5, 5.41) is 3.98. The average Bonchev–Trinajstić information content (AvgIpc) is 2.99. The molecule has 0 aliphatic heterocycles. The van der Waals surface area contributed by atoms with Gasteiger partial charge in [0.1, 0.15) is 5.69 Å². The zero-order valence-corrected chi connectivity index (χ0v) is 12.7. The average molecular weight is 294 g/mol. The van der Waals surface area contributed by atoms with Gasteiger partial charge in [0, 0.05) is 12.7 Å². The highest BCUT2D eigenvalue weighted by Gasteiger charge is 2.11. The molecule has 0 fully saturated rings. The first-order valence-corrected chi connectivity index (χ1v) is 7.19. The largest absolute Gasteiger partial charge is 0.337 e. The monoisotopic (exact) mass is 294 g/mol. The van der Waals surface area contributed by atoms with E-state index in [1.807, 2.05) is 25.2 Å². The van der Waals surface area contributed by atoms with Gasteiger partial charge >= 0.3 is 0 Å². The fourth-order valence-electron chi connectivity index (χ4n) is 2.21. The third-order valence-corrected chi connectivity index (χ3v) is 3.34. The van der Waals surface area contributed by atoms with Crippen LogP contribution in [0.5, 0.6) is 0 Å². The van der Waals surface area contributed by atoms with Crippen LogP contribution < -0.4 is 0 Å². The summed E-state index contributed by atoms with van der Waals surface area (Å²) in [4.78, 5) is 10.8. The van der Waals surface area contributed by atoms with Crippen LogP contribution in [0.2, 0.25) is 0 Å². The van der Waals surface area contributed by atoms with Gasteiger partial charge in [-0.05, 0) is 31.7 Å². The van der Waals surface area contributed by atoms with E-state index in [1.54, 1.807) is 6.20 Å². The number of nitrogens with zero attached hydrogens (tertiary/aromatic N) is 4. The summed E-state index contributed by atoms with van der Waals surface area (Å²) in [5.41, 5.74) is 3.25. The summed E-state index contributed by atoms with van der Waals surface area (Å²) >= 11 is 0. The molecule has 3 rings (SSSR count). The number of aromatic nitrogens is 3. The molecule has 0 aliphatic rings. The van der Waals surface area contributed by atoms with Crippen LogP contribution in [0.4, 0.5) is 0 Å². The Morgan fingerprint density at radius 1 is 1.05 bits per heavy atom. The molecule has 0 amide bonds. The van der Waals surface area contributed by atoms with E-state index in [9.17, 15) is 0 Å². The SMILES string of the molecule is Cc1ccc(CN(C)Cc2nc(-c3ccccn3)no2)cc1. The van der Waals surface area contributed by atoms with Gasteiger partial charge in [-0.2, -0.15) is 4.98 Å². The number of hydrogen-bond acceptors (Lipinski definition) is 5. The Bertz CT molecular complexity index is 722. The minimum atomic E-state index is 0.527. The van der Waals surface area contributed by atoms with Gasteiger partial charge in [-0.1, -0.05) is 41.1 Å². The molecule has 1 aromatic carbocycles. The smallest absolute Gasteiger partial charge is 0.241 e. The van der Waals surface area contributed by atoms with E-state index in [1.165, 1.54) is 11.1 Å². The van der Waals surface area contributed by atoms with E-state index in [4.69, 9.17) is 4.52 Å². The number of aryl methyl sites for hydroxylation is 1. The number of rotatable bonds is 5. The van der Waals surface area contributed by atoms with Crippen LogP contribution in [0.15, 0.2) is 53.2 Å². The molecule has 0 unspecified atom stereocenters. The van der Waals surface area contributed by atoms with Crippen LogP contribution in [0.25, 0.3) is 11.5 Å². The van der Waals surface area contributed by atoms with Gasteiger partial charge in [-0.3, -0.25) is 9.88 Å². The summed E-state index contributed by atoms with van der Waals surface area (Å²) in [5.74, 6) is 1.12. The molecule has 3 aromatic rings. The summed E-state index contributed by atoms with van der Waals surface area (Å²) in [6, 6.07) is 14.1. The fourth-order valence-corrected chi connectivity index (χ4v) is 2.21. The maximum Gasteiger partial charge on any atom is 0.241 e. The van der Waals surface area contributed by atoms with E-state index >= 15 is 0 Å². The topological polar surface area (TPSA) is 55.1 Å². The van der Waals surface area contributed by atoms with Gasteiger partial charge in [0.2, 0.25) is 11.7 Å². The van der Waals surface area contributed by atoms with Crippen molar-refractivity contribution >= 4 is 0 Å². The Labute approximate surface area is 129 Å². The first-order valence-electron chi connectivity index (χ1n) is 7.19. The maximum atomic E-state index is 5.30. The van der Waals surface area contributed by atoms with Crippen molar-refractivity contribution in [1.82, 2.24) is 20.0 Å². The normalized spacial score (nSPS) is 11.0. The molecule has 0 atom stereocenters. The Hall–Kier alpha value is -2.53. The van der Waals surface area contributed by atoms with Crippen molar-refractivity contribution in [3.8, 4) is 11.5 Å². The molecule has 0 spiro atoms. The van der Waals surface area contributed by atoms with Crippen molar-refractivity contribution in [2.24, 2.45) is 0 Å². The van der Waals surface area contributed by atoms with Crippen LogP contribution in [-0.2, 0) is 13.1 Å². The third-order valence-electron chi connectivity index (χ3n) is 3.34. The molecule has 22 heavy (non-hydrogen) atoms. The number of benzene rings is 1. The van der Waals surface area contributed by atoms with Crippen molar-refractivity contribution in [2.45, 2.75) is 20.0 Å². The lowest BCUT2D eigenvalue weighted by molar-refractivity contribution is 0.261. The molecule has 0 saturated heterocycles. The van der Waals surface area contributed by atoms with Crippen LogP contribution in [0.3, 0.4) is 0 Å². The lowest BCUT2D eigenvalue weighted by Crippen LogP contribution is -2.17. The summed E-state index contributed by atoms with van der Waals surface area (Å²) < 4.78 is 5.30. The first-order chi connectivity index (χ1) is 10.7. The van der Waals surface area contributed by atoms with Gasteiger partial charge in [-0.25, -0.2) is 0 Å². The molecule has 0 N–H and O–H groups in total. The van der Waals surface area contributed by atoms with Gasteiger partial charge < -0.3 is 4.52 Å². The van der Waals surface area contributed by atoms with Gasteiger partial charge in [0.15, 0.2) is 0 Å².